The van der Waals surface area contributed by atoms with Crippen molar-refractivity contribution in [2.24, 2.45) is 5.41 Å². The molecule has 30 heavy (non-hydrogen) atoms. The molecule has 0 saturated carbocycles. The Morgan fingerprint density at radius 3 is 2.17 bits per heavy atom. The molecule has 1 aliphatic rings. The van der Waals surface area contributed by atoms with Crippen LogP contribution in [0.4, 0.5) is 10.5 Å². The first-order valence-corrected chi connectivity index (χ1v) is 9.96. The Morgan fingerprint density at radius 1 is 1.23 bits per heavy atom. The summed E-state index contributed by atoms with van der Waals surface area (Å²) in [7, 11) is 3.77. The van der Waals surface area contributed by atoms with Crippen molar-refractivity contribution in [3.8, 4) is 0 Å². The van der Waals surface area contributed by atoms with Crippen molar-refractivity contribution in [1.29, 1.82) is 0 Å². The molecule has 1 fully saturated rings. The van der Waals surface area contributed by atoms with Crippen LogP contribution in [0.2, 0.25) is 0 Å². The van der Waals surface area contributed by atoms with Gasteiger partial charge in [0.05, 0.1) is 11.3 Å². The van der Waals surface area contributed by atoms with E-state index in [-0.39, 0.29) is 25.9 Å². The number of amides is 1. The van der Waals surface area contributed by atoms with Crippen LogP contribution in [0, 0.1) is 15.5 Å². The fraction of sp³-hybridized carbons (Fsp3) is 0.619. The van der Waals surface area contributed by atoms with Gasteiger partial charge < -0.3 is 19.6 Å². The second kappa shape index (κ2) is 8.89. The van der Waals surface area contributed by atoms with E-state index >= 15 is 0 Å². The number of carboxylic acids is 1. The number of anilines is 1. The highest BCUT2D eigenvalue weighted by molar-refractivity contribution is 5.77. The van der Waals surface area contributed by atoms with Crippen LogP contribution in [0.5, 0.6) is 0 Å². The zero-order chi connectivity index (χ0) is 22.7. The number of nitro groups is 1. The standard InChI is InChI=1S/C21H31N3O6/c1-20(2,3)30-19(27)23-12-10-21(11-13-23,18(25)26)17(14-24(28)29)15-6-8-16(9-7-15)22(4)5/h6-9,17H,10-14H2,1-5H3,(H,25,26). The summed E-state index contributed by atoms with van der Waals surface area (Å²) in [6, 6.07) is 7.17. The molecule has 1 unspecified atom stereocenters. The Morgan fingerprint density at radius 2 is 1.77 bits per heavy atom. The fourth-order valence-corrected chi connectivity index (χ4v) is 3.88. The van der Waals surface area contributed by atoms with Gasteiger partial charge in [0.15, 0.2) is 0 Å². The zero-order valence-corrected chi connectivity index (χ0v) is 18.3. The van der Waals surface area contributed by atoms with E-state index in [9.17, 15) is 24.8 Å². The molecule has 2 rings (SSSR count). The van der Waals surface area contributed by atoms with Gasteiger partial charge in [-0.05, 0) is 51.3 Å². The number of carbonyl (C=O) groups excluding carboxylic acids is 1. The number of hydrogen-bond donors (Lipinski definition) is 1. The first kappa shape index (κ1) is 23.4. The number of benzene rings is 1. The first-order chi connectivity index (χ1) is 13.9. The third-order valence-electron chi connectivity index (χ3n) is 5.54. The van der Waals surface area contributed by atoms with Crippen LogP contribution < -0.4 is 4.90 Å². The number of nitrogens with zero attached hydrogens (tertiary/aromatic N) is 3. The predicted molar refractivity (Wildman–Crippen MR) is 112 cm³/mol. The molecule has 0 radical (unpaired) electrons. The van der Waals surface area contributed by atoms with Crippen LogP contribution in [-0.2, 0) is 9.53 Å². The number of rotatable bonds is 6. The summed E-state index contributed by atoms with van der Waals surface area (Å²) in [6.45, 7) is 5.15. The maximum absolute atomic E-state index is 12.4. The average Bonchev–Trinajstić information content (AvgIpc) is 2.64. The number of carboxylic acid groups (broad SMARTS) is 1. The van der Waals surface area contributed by atoms with E-state index in [0.29, 0.717) is 5.56 Å². The van der Waals surface area contributed by atoms with Gasteiger partial charge >= 0.3 is 12.1 Å². The van der Waals surface area contributed by atoms with Crippen molar-refractivity contribution >= 4 is 17.7 Å². The molecule has 0 aliphatic carbocycles. The van der Waals surface area contributed by atoms with Gasteiger partial charge in [-0.15, -0.1) is 0 Å². The minimum atomic E-state index is -1.33. The van der Waals surface area contributed by atoms with Crippen LogP contribution in [0.1, 0.15) is 45.1 Å². The molecule has 1 heterocycles. The molecule has 1 aromatic rings. The van der Waals surface area contributed by atoms with Gasteiger partial charge in [-0.25, -0.2) is 4.79 Å². The molecule has 0 aromatic heterocycles. The quantitative estimate of drug-likeness (QED) is 0.554. The second-order valence-electron chi connectivity index (χ2n) is 8.98. The van der Waals surface area contributed by atoms with Gasteiger partial charge in [-0.1, -0.05) is 12.1 Å². The maximum Gasteiger partial charge on any atom is 0.410 e. The molecule has 1 saturated heterocycles. The number of aliphatic carboxylic acids is 1. The van der Waals surface area contributed by atoms with Crippen molar-refractivity contribution in [2.75, 3.05) is 38.6 Å². The maximum atomic E-state index is 12.4. The third-order valence-corrected chi connectivity index (χ3v) is 5.54. The van der Waals surface area contributed by atoms with Gasteiger partial charge in [-0.3, -0.25) is 14.9 Å². The lowest BCUT2D eigenvalue weighted by Crippen LogP contribution is -2.51. The normalized spacial score (nSPS) is 17.2. The van der Waals surface area contributed by atoms with Gasteiger partial charge in [0.25, 0.3) is 0 Å². The molecule has 1 N–H and O–H groups in total. The van der Waals surface area contributed by atoms with E-state index < -0.39 is 40.5 Å². The summed E-state index contributed by atoms with van der Waals surface area (Å²) >= 11 is 0. The zero-order valence-electron chi connectivity index (χ0n) is 18.3. The smallest absolute Gasteiger partial charge is 0.410 e. The van der Waals surface area contributed by atoms with Crippen molar-refractivity contribution in [3.05, 3.63) is 39.9 Å². The van der Waals surface area contributed by atoms with Gasteiger partial charge in [0, 0.05) is 37.8 Å². The second-order valence-corrected chi connectivity index (χ2v) is 8.98. The molecule has 9 nitrogen and oxygen atoms in total. The minimum Gasteiger partial charge on any atom is -0.481 e. The highest BCUT2D eigenvalue weighted by Crippen LogP contribution is 2.45. The Balaban J connectivity index is 2.31. The van der Waals surface area contributed by atoms with Crippen molar-refractivity contribution in [2.45, 2.75) is 45.1 Å². The molecule has 0 bridgehead atoms. The lowest BCUT2D eigenvalue weighted by atomic mass is 9.66. The lowest BCUT2D eigenvalue weighted by Gasteiger charge is -2.42. The summed E-state index contributed by atoms with van der Waals surface area (Å²) < 4.78 is 5.38. The number of hydrogen-bond acceptors (Lipinski definition) is 6. The van der Waals surface area contributed by atoms with E-state index in [1.165, 1.54) is 4.90 Å². The Kier molecular flexibility index (Phi) is 6.95. The van der Waals surface area contributed by atoms with Crippen LogP contribution >= 0.6 is 0 Å². The molecule has 0 spiro atoms. The molecule has 1 aliphatic heterocycles. The number of piperidine rings is 1. The predicted octanol–water partition coefficient (Wildman–Crippen LogP) is 3.21. The Bertz CT molecular complexity index is 777. The lowest BCUT2D eigenvalue weighted by molar-refractivity contribution is -0.486. The SMILES string of the molecule is CN(C)c1ccc(C(C[N+](=O)[O-])C2(C(=O)O)CCN(C(=O)OC(C)(C)C)CC2)cc1. The summed E-state index contributed by atoms with van der Waals surface area (Å²) in [6.07, 6.45) is -0.256. The van der Waals surface area contributed by atoms with Crippen molar-refractivity contribution in [3.63, 3.8) is 0 Å². The third kappa shape index (κ3) is 5.40. The number of likely N-dealkylation sites (tertiary alicyclic amines) is 1. The van der Waals surface area contributed by atoms with Crippen LogP contribution in [0.15, 0.2) is 24.3 Å². The molecule has 166 valence electrons. The van der Waals surface area contributed by atoms with Gasteiger partial charge in [0.1, 0.15) is 5.60 Å². The van der Waals surface area contributed by atoms with Crippen molar-refractivity contribution < 1.29 is 24.4 Å². The summed E-state index contributed by atoms with van der Waals surface area (Å²) in [5, 5.41) is 21.5. The van der Waals surface area contributed by atoms with E-state index in [2.05, 4.69) is 0 Å². The van der Waals surface area contributed by atoms with Crippen LogP contribution in [0.3, 0.4) is 0 Å². The van der Waals surface area contributed by atoms with E-state index in [0.717, 1.165) is 5.69 Å². The topological polar surface area (TPSA) is 113 Å². The van der Waals surface area contributed by atoms with E-state index in [1.54, 1.807) is 32.9 Å². The number of ether oxygens (including phenoxy) is 1. The van der Waals surface area contributed by atoms with Crippen LogP contribution in [0.25, 0.3) is 0 Å². The first-order valence-electron chi connectivity index (χ1n) is 9.96. The average molecular weight is 421 g/mol. The highest BCUT2D eigenvalue weighted by atomic mass is 16.6. The fourth-order valence-electron chi connectivity index (χ4n) is 3.88. The molecular weight excluding hydrogens is 390 g/mol. The molecule has 1 atom stereocenters. The van der Waals surface area contributed by atoms with Crippen molar-refractivity contribution in [1.82, 2.24) is 4.90 Å². The molecule has 9 heteroatoms. The Labute approximate surface area is 176 Å². The minimum absolute atomic E-state index is 0.121. The summed E-state index contributed by atoms with van der Waals surface area (Å²) in [5.74, 6) is -1.88. The monoisotopic (exact) mass is 421 g/mol. The number of carbonyl (C=O) groups is 2. The molecule has 1 aromatic carbocycles. The molecular formula is C21H31N3O6. The van der Waals surface area contributed by atoms with Gasteiger partial charge in [-0.2, -0.15) is 0 Å². The Hall–Kier alpha value is -2.84. The summed E-state index contributed by atoms with van der Waals surface area (Å²) in [4.78, 5) is 39.1. The van der Waals surface area contributed by atoms with Crippen LogP contribution in [-0.4, -0.2) is 66.3 Å². The molecule has 1 amide bonds. The van der Waals surface area contributed by atoms with E-state index in [1.807, 2.05) is 31.1 Å². The van der Waals surface area contributed by atoms with Gasteiger partial charge in [0.2, 0.25) is 6.54 Å². The highest BCUT2D eigenvalue weighted by Gasteiger charge is 2.51. The summed E-state index contributed by atoms with van der Waals surface area (Å²) in [5.41, 5.74) is -0.445. The largest absolute Gasteiger partial charge is 0.481 e. The van der Waals surface area contributed by atoms with E-state index in [4.69, 9.17) is 4.74 Å².